The van der Waals surface area contributed by atoms with Crippen molar-refractivity contribution in [3.05, 3.63) is 24.3 Å². The first kappa shape index (κ1) is 51.3. The number of hydrogen-bond donors (Lipinski definition) is 3. The number of esters is 1. The van der Waals surface area contributed by atoms with Crippen molar-refractivity contribution in [1.82, 2.24) is 5.32 Å². The third-order valence-electron chi connectivity index (χ3n) is 10.5. The van der Waals surface area contributed by atoms with Crippen molar-refractivity contribution in [2.45, 2.75) is 257 Å². The smallest absolute Gasteiger partial charge is 0.306 e. The highest BCUT2D eigenvalue weighted by molar-refractivity contribution is 5.78. The van der Waals surface area contributed by atoms with E-state index in [1.807, 2.05) is 12.2 Å². The Morgan fingerprint density at radius 1 is 0.566 bits per heavy atom. The van der Waals surface area contributed by atoms with Crippen LogP contribution in [0.25, 0.3) is 0 Å². The standard InChI is InChI=1S/C47H89NO5/c1-4-7-10-13-16-19-22-23-25-27-30-33-36-39-45(50)44(42-49)48-46(51)41-43(38-35-32-29-26-24-20-17-14-11-8-5-2)53-47(52)40-37-34-31-28-21-18-15-12-9-6-3/h26,29,35,38,43-45,49-50H,4-25,27-28,30-34,36-37,39-42H2,1-3H3,(H,48,51)/b29-26-,38-35+. The number of rotatable bonds is 41. The topological polar surface area (TPSA) is 95.9 Å². The maximum Gasteiger partial charge on any atom is 0.306 e. The van der Waals surface area contributed by atoms with Gasteiger partial charge in [-0.1, -0.05) is 212 Å². The molecule has 0 heterocycles. The van der Waals surface area contributed by atoms with Gasteiger partial charge in [0.1, 0.15) is 6.10 Å². The summed E-state index contributed by atoms with van der Waals surface area (Å²) in [6.07, 6.45) is 45.5. The molecule has 0 aliphatic heterocycles. The van der Waals surface area contributed by atoms with Crippen molar-refractivity contribution in [3.8, 4) is 0 Å². The normalized spacial score (nSPS) is 13.5. The van der Waals surface area contributed by atoms with Crippen molar-refractivity contribution < 1.29 is 24.5 Å². The molecule has 6 nitrogen and oxygen atoms in total. The highest BCUT2D eigenvalue weighted by Gasteiger charge is 2.23. The molecule has 0 spiro atoms. The number of allylic oxidation sites excluding steroid dienone is 3. The summed E-state index contributed by atoms with van der Waals surface area (Å²) in [7, 11) is 0. The average molecular weight is 748 g/mol. The van der Waals surface area contributed by atoms with Crippen LogP contribution >= 0.6 is 0 Å². The predicted molar refractivity (Wildman–Crippen MR) is 227 cm³/mol. The van der Waals surface area contributed by atoms with Crippen LogP contribution in [0.1, 0.15) is 239 Å². The number of carbonyl (C=O) groups excluding carboxylic acids is 2. The second kappa shape index (κ2) is 41.5. The molecule has 3 N–H and O–H groups in total. The van der Waals surface area contributed by atoms with Crippen LogP contribution in [-0.4, -0.2) is 46.9 Å². The zero-order chi connectivity index (χ0) is 38.9. The van der Waals surface area contributed by atoms with Gasteiger partial charge in [0, 0.05) is 6.42 Å². The first-order valence-corrected chi connectivity index (χ1v) is 23.1. The largest absolute Gasteiger partial charge is 0.458 e. The summed E-state index contributed by atoms with van der Waals surface area (Å²) < 4.78 is 5.79. The maximum atomic E-state index is 13.1. The van der Waals surface area contributed by atoms with E-state index >= 15 is 0 Å². The van der Waals surface area contributed by atoms with E-state index in [4.69, 9.17) is 4.74 Å². The Morgan fingerprint density at radius 2 is 1.00 bits per heavy atom. The molecule has 0 saturated carbocycles. The Labute approximate surface area is 329 Å². The first-order chi connectivity index (χ1) is 26.0. The summed E-state index contributed by atoms with van der Waals surface area (Å²) in [5.41, 5.74) is 0. The SMILES string of the molecule is CCCCCCCC/C=C\C/C=C/C(CC(=O)NC(CO)C(O)CCCCCCCCCCCCCCC)OC(=O)CCCCCCCCCCCC. The molecule has 0 fully saturated rings. The molecule has 0 radical (unpaired) electrons. The Morgan fingerprint density at radius 3 is 1.47 bits per heavy atom. The second-order valence-electron chi connectivity index (χ2n) is 15.8. The van der Waals surface area contributed by atoms with Crippen molar-refractivity contribution in [1.29, 1.82) is 0 Å². The molecule has 0 bridgehead atoms. The molecule has 6 heteroatoms. The molecule has 312 valence electrons. The minimum atomic E-state index is -0.804. The number of aliphatic hydroxyl groups excluding tert-OH is 2. The number of hydrogen-bond acceptors (Lipinski definition) is 5. The Kier molecular flexibility index (Phi) is 40.2. The van der Waals surface area contributed by atoms with Crippen molar-refractivity contribution in [2.24, 2.45) is 0 Å². The van der Waals surface area contributed by atoms with E-state index in [1.54, 1.807) is 0 Å². The van der Waals surface area contributed by atoms with Crippen LogP contribution in [0.4, 0.5) is 0 Å². The fourth-order valence-electron chi connectivity index (χ4n) is 6.98. The van der Waals surface area contributed by atoms with Gasteiger partial charge in [-0.25, -0.2) is 0 Å². The number of carbonyl (C=O) groups is 2. The van der Waals surface area contributed by atoms with Gasteiger partial charge < -0.3 is 20.3 Å². The number of ether oxygens (including phenoxy) is 1. The van der Waals surface area contributed by atoms with Crippen LogP contribution in [0.3, 0.4) is 0 Å². The van der Waals surface area contributed by atoms with E-state index in [0.29, 0.717) is 12.8 Å². The molecule has 3 atom stereocenters. The molecule has 0 rings (SSSR count). The van der Waals surface area contributed by atoms with E-state index < -0.39 is 18.2 Å². The van der Waals surface area contributed by atoms with Gasteiger partial charge in [0.05, 0.1) is 25.2 Å². The summed E-state index contributed by atoms with van der Waals surface area (Å²) in [4.78, 5) is 25.8. The van der Waals surface area contributed by atoms with Crippen LogP contribution < -0.4 is 5.32 Å². The Hall–Kier alpha value is -1.66. The highest BCUT2D eigenvalue weighted by atomic mass is 16.5. The number of nitrogens with one attached hydrogen (secondary N) is 1. The van der Waals surface area contributed by atoms with E-state index in [2.05, 4.69) is 38.2 Å². The Balaban J connectivity index is 4.62. The zero-order valence-electron chi connectivity index (χ0n) is 35.4. The van der Waals surface area contributed by atoms with Crippen LogP contribution in [0.5, 0.6) is 0 Å². The number of aliphatic hydroxyl groups is 2. The lowest BCUT2D eigenvalue weighted by atomic mass is 10.0. The lowest BCUT2D eigenvalue weighted by Crippen LogP contribution is -2.46. The van der Waals surface area contributed by atoms with E-state index in [0.717, 1.165) is 51.4 Å². The van der Waals surface area contributed by atoms with E-state index in [1.165, 1.54) is 148 Å². The van der Waals surface area contributed by atoms with Crippen molar-refractivity contribution in [2.75, 3.05) is 6.61 Å². The molecular formula is C47H89NO5. The summed E-state index contributed by atoms with van der Waals surface area (Å²) in [5.74, 6) is -0.597. The molecule has 0 aromatic carbocycles. The molecular weight excluding hydrogens is 659 g/mol. The molecule has 0 aliphatic rings. The fourth-order valence-corrected chi connectivity index (χ4v) is 6.98. The van der Waals surface area contributed by atoms with Gasteiger partial charge in [0.25, 0.3) is 0 Å². The van der Waals surface area contributed by atoms with Gasteiger partial charge in [-0.3, -0.25) is 9.59 Å². The van der Waals surface area contributed by atoms with Gasteiger partial charge >= 0.3 is 5.97 Å². The summed E-state index contributed by atoms with van der Waals surface area (Å²) in [5, 5.41) is 23.6. The second-order valence-corrected chi connectivity index (χ2v) is 15.8. The third-order valence-corrected chi connectivity index (χ3v) is 10.5. The van der Waals surface area contributed by atoms with Crippen molar-refractivity contribution in [3.63, 3.8) is 0 Å². The molecule has 0 aromatic rings. The zero-order valence-corrected chi connectivity index (χ0v) is 35.4. The van der Waals surface area contributed by atoms with Gasteiger partial charge in [-0.05, 0) is 38.2 Å². The van der Waals surface area contributed by atoms with Crippen LogP contribution in [0.15, 0.2) is 24.3 Å². The summed E-state index contributed by atoms with van der Waals surface area (Å²) >= 11 is 0. The quantitative estimate of drug-likeness (QED) is 0.0329. The molecule has 53 heavy (non-hydrogen) atoms. The van der Waals surface area contributed by atoms with Gasteiger partial charge in [0.2, 0.25) is 5.91 Å². The van der Waals surface area contributed by atoms with Crippen LogP contribution in [0.2, 0.25) is 0 Å². The predicted octanol–water partition coefficient (Wildman–Crippen LogP) is 13.2. The Bertz CT molecular complexity index is 843. The average Bonchev–Trinajstić information content (AvgIpc) is 3.15. The maximum absolute atomic E-state index is 13.1. The van der Waals surface area contributed by atoms with Crippen molar-refractivity contribution >= 4 is 11.9 Å². The lowest BCUT2D eigenvalue weighted by Gasteiger charge is -2.23. The molecule has 0 aliphatic carbocycles. The minimum absolute atomic E-state index is 0.0241. The van der Waals surface area contributed by atoms with E-state index in [-0.39, 0.29) is 24.9 Å². The molecule has 0 saturated heterocycles. The first-order valence-electron chi connectivity index (χ1n) is 23.1. The molecule has 0 aromatic heterocycles. The molecule has 1 amide bonds. The van der Waals surface area contributed by atoms with Crippen LogP contribution in [-0.2, 0) is 14.3 Å². The lowest BCUT2D eigenvalue weighted by molar-refractivity contribution is -0.148. The van der Waals surface area contributed by atoms with Crippen LogP contribution in [0, 0.1) is 0 Å². The summed E-state index contributed by atoms with van der Waals surface area (Å²) in [6.45, 7) is 6.42. The number of unbranched alkanes of at least 4 members (excludes halogenated alkanes) is 27. The summed E-state index contributed by atoms with van der Waals surface area (Å²) in [6, 6.07) is -0.725. The number of amides is 1. The third kappa shape index (κ3) is 37.1. The monoisotopic (exact) mass is 748 g/mol. The van der Waals surface area contributed by atoms with E-state index in [9.17, 15) is 19.8 Å². The van der Waals surface area contributed by atoms with Gasteiger partial charge in [-0.15, -0.1) is 0 Å². The highest BCUT2D eigenvalue weighted by Crippen LogP contribution is 2.16. The minimum Gasteiger partial charge on any atom is -0.458 e. The molecule has 3 unspecified atom stereocenters. The van der Waals surface area contributed by atoms with Gasteiger partial charge in [-0.2, -0.15) is 0 Å². The fraction of sp³-hybridized carbons (Fsp3) is 0.872. The van der Waals surface area contributed by atoms with Gasteiger partial charge in [0.15, 0.2) is 0 Å².